The fourth-order valence-electron chi connectivity index (χ4n) is 1.18. The Hall–Kier alpha value is -0.0800. The summed E-state index contributed by atoms with van der Waals surface area (Å²) in [6.45, 7) is 6.95. The van der Waals surface area contributed by atoms with E-state index in [1.54, 1.807) is 0 Å². The lowest BCUT2D eigenvalue weighted by molar-refractivity contribution is 0.293. The minimum atomic E-state index is 0. The van der Waals surface area contributed by atoms with Crippen LogP contribution in [0.2, 0.25) is 0 Å². The Bertz CT molecular complexity index is 65.3. The molecule has 0 aromatic heterocycles. The van der Waals surface area contributed by atoms with Crippen LogP contribution < -0.4 is 6.15 Å². The van der Waals surface area contributed by atoms with E-state index in [0.29, 0.717) is 0 Å². The van der Waals surface area contributed by atoms with Crippen molar-refractivity contribution in [3.63, 3.8) is 0 Å². The van der Waals surface area contributed by atoms with E-state index in [1.165, 1.54) is 25.9 Å². The normalized spacial score (nSPS) is 17.7. The molecule has 0 unspecified atom stereocenters. The molecule has 2 nitrogen and oxygen atoms in total. The number of nitrogens with zero attached hydrogens (tertiary/aromatic N) is 1. The van der Waals surface area contributed by atoms with E-state index in [4.69, 9.17) is 0 Å². The van der Waals surface area contributed by atoms with Crippen LogP contribution in [0.25, 0.3) is 0 Å². The lowest BCUT2D eigenvalue weighted by Crippen LogP contribution is -2.24. The van der Waals surface area contributed by atoms with E-state index in [2.05, 4.69) is 18.7 Å². The zero-order valence-corrected chi connectivity index (χ0v) is 6.56. The van der Waals surface area contributed by atoms with Gasteiger partial charge in [0.15, 0.2) is 0 Å². The average Bonchev–Trinajstić information content (AvgIpc) is 2.53. The maximum atomic E-state index is 2.53. The van der Waals surface area contributed by atoms with Gasteiger partial charge >= 0.3 is 0 Å². The van der Waals surface area contributed by atoms with Crippen molar-refractivity contribution in [2.24, 2.45) is 0 Å². The van der Waals surface area contributed by atoms with Gasteiger partial charge in [-0.15, -0.1) is 0 Å². The molecular formula is C7H18N2. The highest BCUT2D eigenvalue weighted by Gasteiger charge is 2.25. The topological polar surface area (TPSA) is 38.2 Å². The molecule has 1 rings (SSSR count). The number of rotatable bonds is 3. The van der Waals surface area contributed by atoms with Crippen molar-refractivity contribution in [1.29, 1.82) is 0 Å². The number of hydrogen-bond acceptors (Lipinski definition) is 2. The number of hydrogen-bond donors (Lipinski definition) is 1. The summed E-state index contributed by atoms with van der Waals surface area (Å²) in [6.07, 6.45) is 2.89. The van der Waals surface area contributed by atoms with Crippen LogP contribution in [-0.4, -0.2) is 24.0 Å². The fraction of sp³-hybridized carbons (Fsp3) is 1.00. The van der Waals surface area contributed by atoms with Gasteiger partial charge in [0.1, 0.15) is 0 Å². The van der Waals surface area contributed by atoms with Gasteiger partial charge in [-0.1, -0.05) is 13.8 Å². The molecule has 0 aromatic rings. The van der Waals surface area contributed by atoms with Gasteiger partial charge in [-0.25, -0.2) is 0 Å². The van der Waals surface area contributed by atoms with E-state index in [0.717, 1.165) is 6.04 Å². The van der Waals surface area contributed by atoms with Gasteiger partial charge in [-0.05, 0) is 25.9 Å². The van der Waals surface area contributed by atoms with Crippen LogP contribution in [0.3, 0.4) is 0 Å². The molecule has 0 aliphatic heterocycles. The molecule has 0 bridgehead atoms. The molecule has 0 spiro atoms. The van der Waals surface area contributed by atoms with Crippen molar-refractivity contribution < 1.29 is 0 Å². The Balaban J connectivity index is 0.000000640. The van der Waals surface area contributed by atoms with Crippen molar-refractivity contribution in [3.05, 3.63) is 0 Å². The third kappa shape index (κ3) is 2.33. The zero-order valence-electron chi connectivity index (χ0n) is 6.56. The lowest BCUT2D eigenvalue weighted by Gasteiger charge is -2.15. The largest absolute Gasteiger partial charge is 0.344 e. The van der Waals surface area contributed by atoms with E-state index in [9.17, 15) is 0 Å². The second-order valence-corrected chi connectivity index (χ2v) is 2.45. The van der Waals surface area contributed by atoms with Gasteiger partial charge in [-0.3, -0.25) is 0 Å². The van der Waals surface area contributed by atoms with Crippen molar-refractivity contribution in [2.45, 2.75) is 32.7 Å². The van der Waals surface area contributed by atoms with Crippen LogP contribution in [0, 0.1) is 0 Å². The van der Waals surface area contributed by atoms with E-state index in [1.807, 2.05) is 0 Å². The Labute approximate surface area is 57.8 Å². The maximum absolute atomic E-state index is 2.53. The smallest absolute Gasteiger partial charge is 0.00961 e. The Morgan fingerprint density at radius 2 is 1.67 bits per heavy atom. The molecule has 1 aliphatic rings. The van der Waals surface area contributed by atoms with Crippen molar-refractivity contribution in [2.75, 3.05) is 13.1 Å². The molecular weight excluding hydrogens is 112 g/mol. The zero-order chi connectivity index (χ0) is 5.98. The summed E-state index contributed by atoms with van der Waals surface area (Å²) in [7, 11) is 0. The van der Waals surface area contributed by atoms with E-state index in [-0.39, 0.29) is 6.15 Å². The summed E-state index contributed by atoms with van der Waals surface area (Å²) in [5.74, 6) is 0. The van der Waals surface area contributed by atoms with Crippen molar-refractivity contribution in [3.8, 4) is 0 Å². The molecule has 1 fully saturated rings. The predicted molar refractivity (Wildman–Crippen MR) is 41.0 cm³/mol. The lowest BCUT2D eigenvalue weighted by atomic mass is 10.5. The molecule has 0 atom stereocenters. The third-order valence-electron chi connectivity index (χ3n) is 1.88. The predicted octanol–water partition coefficient (Wildman–Crippen LogP) is 1.65. The van der Waals surface area contributed by atoms with Crippen molar-refractivity contribution in [1.82, 2.24) is 11.1 Å². The van der Waals surface area contributed by atoms with Gasteiger partial charge in [0.2, 0.25) is 0 Å². The minimum Gasteiger partial charge on any atom is -0.344 e. The molecule has 1 aliphatic carbocycles. The van der Waals surface area contributed by atoms with Crippen molar-refractivity contribution >= 4 is 0 Å². The molecule has 56 valence electrons. The fourth-order valence-corrected chi connectivity index (χ4v) is 1.18. The summed E-state index contributed by atoms with van der Waals surface area (Å²) >= 11 is 0. The highest BCUT2D eigenvalue weighted by Crippen LogP contribution is 2.25. The first-order valence-corrected chi connectivity index (χ1v) is 3.62. The first-order valence-electron chi connectivity index (χ1n) is 3.62. The van der Waals surface area contributed by atoms with Gasteiger partial charge in [0.25, 0.3) is 0 Å². The molecule has 0 saturated heterocycles. The van der Waals surface area contributed by atoms with E-state index >= 15 is 0 Å². The third-order valence-corrected chi connectivity index (χ3v) is 1.88. The van der Waals surface area contributed by atoms with Gasteiger partial charge < -0.3 is 11.1 Å². The Kier molecular flexibility index (Phi) is 3.82. The molecule has 9 heavy (non-hydrogen) atoms. The molecule has 0 heterocycles. The summed E-state index contributed by atoms with van der Waals surface area (Å²) in [6, 6.07) is 0.963. The molecule has 2 heteroatoms. The second kappa shape index (κ2) is 3.85. The van der Waals surface area contributed by atoms with Crippen LogP contribution in [0.4, 0.5) is 0 Å². The molecule has 1 saturated carbocycles. The summed E-state index contributed by atoms with van der Waals surface area (Å²) in [5, 5.41) is 0. The molecule has 0 amide bonds. The summed E-state index contributed by atoms with van der Waals surface area (Å²) in [5.41, 5.74) is 0. The average molecular weight is 130 g/mol. The highest BCUT2D eigenvalue weighted by atomic mass is 15.2. The van der Waals surface area contributed by atoms with Crippen LogP contribution in [0.1, 0.15) is 26.7 Å². The standard InChI is InChI=1S/C7H15N.H3N/c1-3-8(4-2)7-5-6-7;/h7H,3-6H2,1-2H3;1H3. The minimum absolute atomic E-state index is 0. The first kappa shape index (κ1) is 8.92. The van der Waals surface area contributed by atoms with E-state index < -0.39 is 0 Å². The van der Waals surface area contributed by atoms with Crippen LogP contribution in [0.5, 0.6) is 0 Å². The Morgan fingerprint density at radius 1 is 1.22 bits per heavy atom. The molecule has 3 N–H and O–H groups in total. The van der Waals surface area contributed by atoms with Gasteiger partial charge in [-0.2, -0.15) is 0 Å². The maximum Gasteiger partial charge on any atom is 0.00961 e. The SMILES string of the molecule is CCN(CC)C1CC1.N. The van der Waals surface area contributed by atoms with Gasteiger partial charge in [0, 0.05) is 6.04 Å². The van der Waals surface area contributed by atoms with Crippen LogP contribution in [-0.2, 0) is 0 Å². The highest BCUT2D eigenvalue weighted by molar-refractivity contribution is 4.82. The quantitative estimate of drug-likeness (QED) is 0.631. The van der Waals surface area contributed by atoms with Gasteiger partial charge in [0.05, 0.1) is 0 Å². The summed E-state index contributed by atoms with van der Waals surface area (Å²) < 4.78 is 0. The van der Waals surface area contributed by atoms with Crippen LogP contribution in [0.15, 0.2) is 0 Å². The molecule has 0 radical (unpaired) electrons. The first-order chi connectivity index (χ1) is 3.88. The monoisotopic (exact) mass is 130 g/mol. The Morgan fingerprint density at radius 3 is 1.78 bits per heavy atom. The second-order valence-electron chi connectivity index (χ2n) is 2.45. The summed E-state index contributed by atoms with van der Waals surface area (Å²) in [4.78, 5) is 2.53. The molecule has 0 aromatic carbocycles. The van der Waals surface area contributed by atoms with Crippen LogP contribution >= 0.6 is 0 Å².